The van der Waals surface area contributed by atoms with Crippen LogP contribution in [0.15, 0.2) is 41.9 Å². The van der Waals surface area contributed by atoms with E-state index in [9.17, 15) is 10.1 Å². The lowest BCUT2D eigenvalue weighted by Crippen LogP contribution is -2.17. The molecule has 23 heavy (non-hydrogen) atoms. The number of H-pyrrole nitrogens is 1. The molecule has 0 aliphatic carbocycles. The van der Waals surface area contributed by atoms with Crippen molar-refractivity contribution < 1.29 is 4.92 Å². The van der Waals surface area contributed by atoms with Crippen molar-refractivity contribution >= 4 is 11.5 Å². The Balaban J connectivity index is 2.24. The molecule has 0 fully saturated rings. The molecule has 1 unspecified atom stereocenters. The summed E-state index contributed by atoms with van der Waals surface area (Å²) >= 11 is 0. The maximum Gasteiger partial charge on any atom is 0.272 e. The lowest BCUT2D eigenvalue weighted by Gasteiger charge is -2.25. The third kappa shape index (κ3) is 2.44. The van der Waals surface area contributed by atoms with Gasteiger partial charge in [-0.15, -0.1) is 0 Å². The number of aromatic nitrogens is 2. The minimum atomic E-state index is -0.481. The number of nitro benzene ring substituents is 1. The molecule has 3 rings (SSSR count). The molecule has 7 heteroatoms. The maximum atomic E-state index is 11.4. The minimum Gasteiger partial charge on any atom is -0.354 e. The summed E-state index contributed by atoms with van der Waals surface area (Å²) in [4.78, 5) is 14.7. The Morgan fingerprint density at radius 2 is 2.17 bits per heavy atom. The van der Waals surface area contributed by atoms with Gasteiger partial charge in [-0.25, -0.2) is 4.85 Å². The highest BCUT2D eigenvalue weighted by Gasteiger charge is 2.35. The van der Waals surface area contributed by atoms with Gasteiger partial charge in [-0.3, -0.25) is 15.2 Å². The van der Waals surface area contributed by atoms with Crippen molar-refractivity contribution in [1.82, 2.24) is 10.2 Å². The molecule has 2 aromatic rings. The third-order valence-electron chi connectivity index (χ3n) is 3.90. The summed E-state index contributed by atoms with van der Waals surface area (Å²) in [5, 5.41) is 21.5. The Morgan fingerprint density at radius 1 is 1.39 bits per heavy atom. The molecule has 0 spiro atoms. The highest BCUT2D eigenvalue weighted by molar-refractivity contribution is 5.65. The van der Waals surface area contributed by atoms with Gasteiger partial charge in [-0.1, -0.05) is 31.5 Å². The van der Waals surface area contributed by atoms with Crippen molar-refractivity contribution in [1.29, 1.82) is 0 Å². The summed E-state index contributed by atoms with van der Waals surface area (Å²) in [5.41, 5.74) is 2.58. The molecule has 0 saturated carbocycles. The SMILES string of the molecule is [C-]#[N+]C1=C(CCC)Nc2[nH]ncc2C1c1ccccc1[N+](=O)[O-]. The first-order valence-corrected chi connectivity index (χ1v) is 7.31. The Morgan fingerprint density at radius 3 is 2.87 bits per heavy atom. The van der Waals surface area contributed by atoms with Gasteiger partial charge >= 0.3 is 0 Å². The van der Waals surface area contributed by atoms with Crippen LogP contribution in [0.3, 0.4) is 0 Å². The number of nitrogens with zero attached hydrogens (tertiary/aromatic N) is 3. The molecule has 1 aliphatic heterocycles. The summed E-state index contributed by atoms with van der Waals surface area (Å²) in [6.07, 6.45) is 3.19. The van der Waals surface area contributed by atoms with Crippen molar-refractivity contribution in [2.75, 3.05) is 5.32 Å². The standard InChI is InChI=1S/C16H15N5O2/c1-3-6-12-15(17-2)14(11-9-18-20-16(11)19-12)10-7-4-5-8-13(10)21(22)23/h4-5,7-9,14H,3,6H2,1H3,(H2,18,19,20). The predicted octanol–water partition coefficient (Wildman–Crippen LogP) is 3.81. The van der Waals surface area contributed by atoms with E-state index in [1.165, 1.54) is 6.07 Å². The van der Waals surface area contributed by atoms with Gasteiger partial charge in [0.05, 0.1) is 23.6 Å². The fourth-order valence-electron chi connectivity index (χ4n) is 2.94. The number of anilines is 1. The highest BCUT2D eigenvalue weighted by atomic mass is 16.6. The summed E-state index contributed by atoms with van der Waals surface area (Å²) in [6.45, 7) is 9.61. The van der Waals surface area contributed by atoms with Gasteiger partial charge in [0.15, 0.2) is 5.70 Å². The second kappa shape index (κ2) is 5.93. The van der Waals surface area contributed by atoms with Gasteiger partial charge in [0, 0.05) is 22.9 Å². The number of hydrogen-bond acceptors (Lipinski definition) is 4. The maximum absolute atomic E-state index is 11.4. The summed E-state index contributed by atoms with van der Waals surface area (Å²) < 4.78 is 0. The van der Waals surface area contributed by atoms with Crippen molar-refractivity contribution in [3.05, 3.63) is 74.5 Å². The largest absolute Gasteiger partial charge is 0.354 e. The smallest absolute Gasteiger partial charge is 0.272 e. The van der Waals surface area contributed by atoms with E-state index in [0.29, 0.717) is 23.5 Å². The highest BCUT2D eigenvalue weighted by Crippen LogP contribution is 2.44. The van der Waals surface area contributed by atoms with Crippen LogP contribution in [0.1, 0.15) is 36.8 Å². The Hall–Kier alpha value is -3.14. The average molecular weight is 309 g/mol. The van der Waals surface area contributed by atoms with Crippen LogP contribution in [-0.2, 0) is 0 Å². The monoisotopic (exact) mass is 309 g/mol. The van der Waals surface area contributed by atoms with Gasteiger partial charge in [-0.2, -0.15) is 5.10 Å². The second-order valence-corrected chi connectivity index (χ2v) is 5.30. The number of allylic oxidation sites excluding steroid dienone is 2. The Bertz CT molecular complexity index is 831. The molecule has 2 heterocycles. The van der Waals surface area contributed by atoms with Crippen LogP contribution in [0.25, 0.3) is 4.85 Å². The molecule has 1 aromatic carbocycles. The summed E-state index contributed by atoms with van der Waals surface area (Å²) in [5.74, 6) is 0.217. The molecule has 1 atom stereocenters. The van der Waals surface area contributed by atoms with Crippen molar-refractivity contribution in [2.45, 2.75) is 25.7 Å². The zero-order valence-electron chi connectivity index (χ0n) is 12.5. The molecule has 0 radical (unpaired) electrons. The predicted molar refractivity (Wildman–Crippen MR) is 85.7 cm³/mol. The molecule has 1 aromatic heterocycles. The van der Waals surface area contributed by atoms with E-state index in [-0.39, 0.29) is 5.69 Å². The van der Waals surface area contributed by atoms with E-state index in [1.54, 1.807) is 24.4 Å². The number of aromatic amines is 1. The molecule has 2 N–H and O–H groups in total. The van der Waals surface area contributed by atoms with Crippen molar-refractivity contribution in [2.24, 2.45) is 0 Å². The third-order valence-corrected chi connectivity index (χ3v) is 3.90. The fourth-order valence-corrected chi connectivity index (χ4v) is 2.94. The van der Waals surface area contributed by atoms with Crippen LogP contribution in [-0.4, -0.2) is 15.1 Å². The summed E-state index contributed by atoms with van der Waals surface area (Å²) in [7, 11) is 0. The minimum absolute atomic E-state index is 0.0172. The van der Waals surface area contributed by atoms with Gasteiger partial charge < -0.3 is 5.32 Å². The first-order valence-electron chi connectivity index (χ1n) is 7.31. The van der Waals surface area contributed by atoms with Gasteiger partial charge in [-0.05, 0) is 6.42 Å². The van der Waals surface area contributed by atoms with Crippen LogP contribution < -0.4 is 5.32 Å². The van der Waals surface area contributed by atoms with E-state index in [4.69, 9.17) is 6.57 Å². The Labute approximate surface area is 133 Å². The topological polar surface area (TPSA) is 88.2 Å². The number of benzene rings is 1. The zero-order valence-corrected chi connectivity index (χ0v) is 12.5. The van der Waals surface area contributed by atoms with Crippen LogP contribution in [0.4, 0.5) is 11.5 Å². The van der Waals surface area contributed by atoms with Gasteiger partial charge in [0.2, 0.25) is 0 Å². The second-order valence-electron chi connectivity index (χ2n) is 5.30. The molecule has 116 valence electrons. The van der Waals surface area contributed by atoms with E-state index < -0.39 is 10.8 Å². The first-order chi connectivity index (χ1) is 11.2. The fraction of sp³-hybridized carbons (Fsp3) is 0.250. The van der Waals surface area contributed by atoms with Gasteiger partial charge in [0.1, 0.15) is 5.82 Å². The Kier molecular flexibility index (Phi) is 3.81. The molecular formula is C16H15N5O2. The van der Waals surface area contributed by atoms with E-state index in [1.807, 2.05) is 6.92 Å². The number of para-hydroxylation sites is 1. The van der Waals surface area contributed by atoms with Crippen LogP contribution in [0.2, 0.25) is 0 Å². The number of nitro groups is 1. The average Bonchev–Trinajstić information content (AvgIpc) is 3.01. The lowest BCUT2D eigenvalue weighted by molar-refractivity contribution is -0.385. The van der Waals surface area contributed by atoms with E-state index >= 15 is 0 Å². The van der Waals surface area contributed by atoms with Gasteiger partial charge in [0.25, 0.3) is 5.69 Å². The molecule has 0 saturated heterocycles. The normalized spacial score (nSPS) is 16.4. The lowest BCUT2D eigenvalue weighted by atomic mass is 9.85. The molecule has 0 amide bonds. The number of fused-ring (bicyclic) bond motifs is 1. The summed E-state index contributed by atoms with van der Waals surface area (Å²) in [6, 6.07) is 6.57. The molecule has 1 aliphatic rings. The molecular weight excluding hydrogens is 294 g/mol. The molecule has 7 nitrogen and oxygen atoms in total. The number of nitrogens with one attached hydrogen (secondary N) is 2. The number of hydrogen-bond donors (Lipinski definition) is 2. The van der Waals surface area contributed by atoms with E-state index in [2.05, 4.69) is 20.4 Å². The van der Waals surface area contributed by atoms with Crippen LogP contribution >= 0.6 is 0 Å². The quantitative estimate of drug-likeness (QED) is 0.510. The van der Waals surface area contributed by atoms with Crippen LogP contribution in [0.5, 0.6) is 0 Å². The van der Waals surface area contributed by atoms with Crippen LogP contribution in [0, 0.1) is 16.7 Å². The number of rotatable bonds is 4. The zero-order chi connectivity index (χ0) is 16.4. The first kappa shape index (κ1) is 14.8. The van der Waals surface area contributed by atoms with E-state index in [0.717, 1.165) is 17.7 Å². The van der Waals surface area contributed by atoms with Crippen molar-refractivity contribution in [3.8, 4) is 0 Å². The van der Waals surface area contributed by atoms with Crippen molar-refractivity contribution in [3.63, 3.8) is 0 Å². The molecule has 0 bridgehead atoms.